The first-order chi connectivity index (χ1) is 8.69. The van der Waals surface area contributed by atoms with Gasteiger partial charge in [-0.15, -0.1) is 0 Å². The average molecular weight is 351 g/mol. The van der Waals surface area contributed by atoms with E-state index in [4.69, 9.17) is 0 Å². The quantitative estimate of drug-likeness (QED) is 0.624. The van der Waals surface area contributed by atoms with Crippen molar-refractivity contribution >= 4 is 31.5 Å². The van der Waals surface area contributed by atoms with Crippen LogP contribution in [0.2, 0.25) is 0 Å². The predicted molar refractivity (Wildman–Crippen MR) is 76.8 cm³/mol. The number of nitro groups is 1. The Kier molecular flexibility index (Phi) is 5.45. The zero-order valence-electron chi connectivity index (χ0n) is 10.6. The van der Waals surface area contributed by atoms with E-state index in [1.807, 2.05) is 0 Å². The standard InChI is InChI=1S/C11H15BrN2O4S/c1-8(7-19(2,17)18)13-6-9-3-4-10(12)5-11(9)14(15)16/h3-5,8,13H,6-7H2,1-2H3. The fourth-order valence-electron chi connectivity index (χ4n) is 1.65. The maximum absolute atomic E-state index is 11.1. The summed E-state index contributed by atoms with van der Waals surface area (Å²) < 4.78 is 22.9. The van der Waals surface area contributed by atoms with Crippen molar-refractivity contribution in [3.63, 3.8) is 0 Å². The normalized spacial score (nSPS) is 13.2. The van der Waals surface area contributed by atoms with E-state index < -0.39 is 14.8 Å². The summed E-state index contributed by atoms with van der Waals surface area (Å²) in [6, 6.07) is 4.52. The largest absolute Gasteiger partial charge is 0.309 e. The van der Waals surface area contributed by atoms with E-state index in [1.165, 1.54) is 6.07 Å². The number of benzene rings is 1. The topological polar surface area (TPSA) is 89.3 Å². The van der Waals surface area contributed by atoms with Gasteiger partial charge in [0.2, 0.25) is 0 Å². The molecular formula is C11H15BrN2O4S. The summed E-state index contributed by atoms with van der Waals surface area (Å²) in [4.78, 5) is 10.5. The number of halogens is 1. The lowest BCUT2D eigenvalue weighted by molar-refractivity contribution is -0.385. The lowest BCUT2D eigenvalue weighted by atomic mass is 10.1. The Balaban J connectivity index is 2.75. The van der Waals surface area contributed by atoms with Gasteiger partial charge in [-0.1, -0.05) is 15.9 Å². The van der Waals surface area contributed by atoms with Gasteiger partial charge in [-0.3, -0.25) is 10.1 Å². The van der Waals surface area contributed by atoms with Gasteiger partial charge < -0.3 is 5.32 Å². The molecule has 0 aromatic heterocycles. The molecular weight excluding hydrogens is 336 g/mol. The van der Waals surface area contributed by atoms with Gasteiger partial charge in [-0.2, -0.15) is 0 Å². The summed E-state index contributed by atoms with van der Waals surface area (Å²) in [6.07, 6.45) is 1.16. The van der Waals surface area contributed by atoms with Gasteiger partial charge in [-0.25, -0.2) is 8.42 Å². The molecule has 0 amide bonds. The molecule has 0 fully saturated rings. The molecule has 1 atom stereocenters. The molecule has 1 N–H and O–H groups in total. The van der Waals surface area contributed by atoms with Gasteiger partial charge in [0.05, 0.1) is 10.7 Å². The lowest BCUT2D eigenvalue weighted by Crippen LogP contribution is -2.32. The van der Waals surface area contributed by atoms with Crippen molar-refractivity contribution in [1.82, 2.24) is 5.32 Å². The van der Waals surface area contributed by atoms with Gasteiger partial charge in [0.1, 0.15) is 9.84 Å². The predicted octanol–water partition coefficient (Wildman–Crippen LogP) is 1.88. The Bertz CT molecular complexity index is 574. The van der Waals surface area contributed by atoms with Crippen molar-refractivity contribution in [1.29, 1.82) is 0 Å². The van der Waals surface area contributed by atoms with Crippen LogP contribution in [0.1, 0.15) is 12.5 Å². The number of nitrogens with zero attached hydrogens (tertiary/aromatic N) is 1. The minimum absolute atomic E-state index is 0.00265. The van der Waals surface area contributed by atoms with Gasteiger partial charge in [0.15, 0.2) is 0 Å². The van der Waals surface area contributed by atoms with E-state index in [-0.39, 0.29) is 24.0 Å². The summed E-state index contributed by atoms with van der Waals surface area (Å²) >= 11 is 3.18. The Morgan fingerprint density at radius 1 is 1.47 bits per heavy atom. The monoisotopic (exact) mass is 350 g/mol. The summed E-state index contributed by atoms with van der Waals surface area (Å²) in [7, 11) is -3.06. The second-order valence-electron chi connectivity index (χ2n) is 4.40. The van der Waals surface area contributed by atoms with Crippen LogP contribution in [0.25, 0.3) is 0 Å². The third-order valence-electron chi connectivity index (χ3n) is 2.44. The highest BCUT2D eigenvalue weighted by molar-refractivity contribution is 9.10. The maximum Gasteiger partial charge on any atom is 0.275 e. The number of hydrogen-bond acceptors (Lipinski definition) is 5. The Labute approximate surface area is 120 Å². The van der Waals surface area contributed by atoms with Crippen LogP contribution in [0.3, 0.4) is 0 Å². The van der Waals surface area contributed by atoms with E-state index in [0.29, 0.717) is 10.0 Å². The number of sulfone groups is 1. The van der Waals surface area contributed by atoms with Crippen molar-refractivity contribution in [2.24, 2.45) is 0 Å². The molecule has 106 valence electrons. The van der Waals surface area contributed by atoms with Gasteiger partial charge in [0, 0.05) is 34.9 Å². The highest BCUT2D eigenvalue weighted by Crippen LogP contribution is 2.23. The highest BCUT2D eigenvalue weighted by Gasteiger charge is 2.16. The number of nitrogens with one attached hydrogen (secondary N) is 1. The lowest BCUT2D eigenvalue weighted by Gasteiger charge is -2.12. The molecule has 0 aliphatic carbocycles. The van der Waals surface area contributed by atoms with Crippen LogP contribution in [0.4, 0.5) is 5.69 Å². The number of rotatable bonds is 6. The van der Waals surface area contributed by atoms with Crippen molar-refractivity contribution in [2.45, 2.75) is 19.5 Å². The third-order valence-corrected chi connectivity index (χ3v) is 4.04. The molecule has 19 heavy (non-hydrogen) atoms. The summed E-state index contributed by atoms with van der Waals surface area (Å²) in [5.41, 5.74) is 0.530. The number of nitro benzene ring substituents is 1. The van der Waals surface area contributed by atoms with Crippen molar-refractivity contribution in [2.75, 3.05) is 12.0 Å². The molecule has 0 saturated carbocycles. The molecule has 0 saturated heterocycles. The Morgan fingerprint density at radius 3 is 2.63 bits per heavy atom. The molecule has 0 bridgehead atoms. The molecule has 6 nitrogen and oxygen atoms in total. The molecule has 1 rings (SSSR count). The first-order valence-corrected chi connectivity index (χ1v) is 8.38. The molecule has 0 aliphatic heterocycles. The van der Waals surface area contributed by atoms with Crippen LogP contribution < -0.4 is 5.32 Å². The fraction of sp³-hybridized carbons (Fsp3) is 0.455. The Morgan fingerprint density at radius 2 is 2.11 bits per heavy atom. The average Bonchev–Trinajstić information content (AvgIpc) is 2.24. The summed E-state index contributed by atoms with van der Waals surface area (Å²) in [5.74, 6) is -0.00265. The van der Waals surface area contributed by atoms with Gasteiger partial charge in [0.25, 0.3) is 5.69 Å². The van der Waals surface area contributed by atoms with Gasteiger partial charge in [-0.05, 0) is 19.1 Å². The van der Waals surface area contributed by atoms with Crippen LogP contribution in [0.15, 0.2) is 22.7 Å². The number of hydrogen-bond donors (Lipinski definition) is 1. The minimum atomic E-state index is -3.06. The molecule has 1 aromatic carbocycles. The highest BCUT2D eigenvalue weighted by atomic mass is 79.9. The van der Waals surface area contributed by atoms with E-state index >= 15 is 0 Å². The van der Waals surface area contributed by atoms with Crippen LogP contribution in [0.5, 0.6) is 0 Å². The molecule has 0 aliphatic rings. The molecule has 0 radical (unpaired) electrons. The van der Waals surface area contributed by atoms with E-state index in [1.54, 1.807) is 19.1 Å². The second kappa shape index (κ2) is 6.44. The minimum Gasteiger partial charge on any atom is -0.309 e. The zero-order chi connectivity index (χ0) is 14.6. The van der Waals surface area contributed by atoms with Crippen LogP contribution in [0, 0.1) is 10.1 Å². The fourth-order valence-corrected chi connectivity index (χ4v) is 3.03. The van der Waals surface area contributed by atoms with Crippen molar-refractivity contribution in [3.05, 3.63) is 38.3 Å². The van der Waals surface area contributed by atoms with Crippen LogP contribution >= 0.6 is 15.9 Å². The van der Waals surface area contributed by atoms with E-state index in [9.17, 15) is 18.5 Å². The summed E-state index contributed by atoms with van der Waals surface area (Å²) in [6.45, 7) is 1.98. The van der Waals surface area contributed by atoms with E-state index in [2.05, 4.69) is 21.2 Å². The van der Waals surface area contributed by atoms with Crippen molar-refractivity contribution < 1.29 is 13.3 Å². The maximum atomic E-state index is 11.1. The molecule has 1 aromatic rings. The van der Waals surface area contributed by atoms with E-state index in [0.717, 1.165) is 6.26 Å². The second-order valence-corrected chi connectivity index (χ2v) is 7.51. The smallest absolute Gasteiger partial charge is 0.275 e. The molecule has 8 heteroatoms. The molecule has 1 unspecified atom stereocenters. The molecule has 0 spiro atoms. The first-order valence-electron chi connectivity index (χ1n) is 5.53. The molecule has 0 heterocycles. The van der Waals surface area contributed by atoms with Crippen LogP contribution in [-0.4, -0.2) is 31.4 Å². The van der Waals surface area contributed by atoms with Crippen molar-refractivity contribution in [3.8, 4) is 0 Å². The van der Waals surface area contributed by atoms with Gasteiger partial charge >= 0.3 is 0 Å². The zero-order valence-corrected chi connectivity index (χ0v) is 13.0. The Hall–Kier alpha value is -0.990. The first kappa shape index (κ1) is 16.1. The SMILES string of the molecule is CC(CS(C)(=O)=O)NCc1ccc(Br)cc1[N+](=O)[O-]. The summed E-state index contributed by atoms with van der Waals surface area (Å²) in [5, 5.41) is 13.9. The van der Waals surface area contributed by atoms with Crippen LogP contribution in [-0.2, 0) is 16.4 Å². The third kappa shape index (κ3) is 5.66.